The Hall–Kier alpha value is -1.92. The van der Waals surface area contributed by atoms with Gasteiger partial charge in [-0.25, -0.2) is 9.97 Å². The molecule has 0 aliphatic heterocycles. The lowest BCUT2D eigenvalue weighted by Crippen LogP contribution is -2.14. The molecule has 1 aromatic rings. The molecule has 0 radical (unpaired) electrons. The van der Waals surface area contributed by atoms with Crippen LogP contribution < -0.4 is 10.2 Å². The minimum absolute atomic E-state index is 0.111. The highest BCUT2D eigenvalue weighted by atomic mass is 16.6. The first-order valence-corrected chi connectivity index (χ1v) is 3.92. The molecule has 0 aliphatic rings. The Kier molecular flexibility index (Phi) is 2.80. The smallest absolute Gasteiger partial charge is 0.353 e. The fourth-order valence-corrected chi connectivity index (χ4v) is 1.05. The fourth-order valence-electron chi connectivity index (χ4n) is 1.05. The molecule has 0 unspecified atom stereocenters. The van der Waals surface area contributed by atoms with Crippen molar-refractivity contribution in [3.05, 3.63) is 16.4 Å². The van der Waals surface area contributed by atoms with Crippen LogP contribution in [0.25, 0.3) is 0 Å². The molecule has 76 valence electrons. The zero-order valence-corrected chi connectivity index (χ0v) is 8.18. The average molecular weight is 197 g/mol. The summed E-state index contributed by atoms with van der Waals surface area (Å²) in [6, 6.07) is 0. The highest BCUT2D eigenvalue weighted by Gasteiger charge is 2.22. The molecule has 0 spiro atoms. The van der Waals surface area contributed by atoms with Crippen LogP contribution >= 0.6 is 0 Å². The second-order valence-corrected chi connectivity index (χ2v) is 2.80. The zero-order chi connectivity index (χ0) is 10.7. The number of nitrogens with zero attached hydrogens (tertiary/aromatic N) is 4. The molecule has 0 aliphatic carbocycles. The lowest BCUT2D eigenvalue weighted by atomic mass is 10.4. The SMILES string of the molecule is CNc1ncnc(N(C)C)c1[N+](=O)[O-]. The highest BCUT2D eigenvalue weighted by Crippen LogP contribution is 2.29. The highest BCUT2D eigenvalue weighted by molar-refractivity contribution is 5.69. The number of hydrogen-bond acceptors (Lipinski definition) is 6. The van der Waals surface area contributed by atoms with Gasteiger partial charge in [0, 0.05) is 21.1 Å². The Morgan fingerprint density at radius 1 is 1.50 bits per heavy atom. The van der Waals surface area contributed by atoms with Gasteiger partial charge in [0.25, 0.3) is 0 Å². The van der Waals surface area contributed by atoms with E-state index >= 15 is 0 Å². The molecule has 14 heavy (non-hydrogen) atoms. The average Bonchev–Trinajstić information content (AvgIpc) is 2.16. The fraction of sp³-hybridized carbons (Fsp3) is 0.429. The van der Waals surface area contributed by atoms with Crippen LogP contribution in [0, 0.1) is 10.1 Å². The first-order valence-electron chi connectivity index (χ1n) is 3.92. The van der Waals surface area contributed by atoms with Crippen LogP contribution in [0.3, 0.4) is 0 Å². The molecule has 0 bridgehead atoms. The number of aromatic nitrogens is 2. The summed E-state index contributed by atoms with van der Waals surface area (Å²) in [5.41, 5.74) is -0.111. The summed E-state index contributed by atoms with van der Waals surface area (Å²) < 4.78 is 0. The predicted molar refractivity (Wildman–Crippen MR) is 52.6 cm³/mol. The molecule has 1 aromatic heterocycles. The second kappa shape index (κ2) is 3.86. The van der Waals surface area contributed by atoms with Crippen LogP contribution in [0.1, 0.15) is 0 Å². The Morgan fingerprint density at radius 2 is 2.14 bits per heavy atom. The summed E-state index contributed by atoms with van der Waals surface area (Å²) in [4.78, 5) is 19.4. The standard InChI is InChI=1S/C7H11N5O2/c1-8-6-5(12(13)14)7(11(2)3)10-4-9-6/h4H,1-3H3,(H,8,9,10). The van der Waals surface area contributed by atoms with Gasteiger partial charge in [-0.2, -0.15) is 0 Å². The molecule has 0 atom stereocenters. The molecule has 0 fully saturated rings. The molecule has 0 saturated heterocycles. The number of nitrogens with one attached hydrogen (secondary N) is 1. The molecule has 7 heteroatoms. The minimum Gasteiger partial charge on any atom is -0.367 e. The van der Waals surface area contributed by atoms with E-state index in [9.17, 15) is 10.1 Å². The third kappa shape index (κ3) is 1.70. The maximum absolute atomic E-state index is 10.8. The van der Waals surface area contributed by atoms with Gasteiger partial charge in [0.15, 0.2) is 0 Å². The van der Waals surface area contributed by atoms with E-state index in [0.29, 0.717) is 0 Å². The van der Waals surface area contributed by atoms with Crippen molar-refractivity contribution < 1.29 is 4.92 Å². The lowest BCUT2D eigenvalue weighted by molar-refractivity contribution is -0.383. The van der Waals surface area contributed by atoms with E-state index in [-0.39, 0.29) is 17.3 Å². The van der Waals surface area contributed by atoms with Crippen LogP contribution in [-0.4, -0.2) is 36.0 Å². The Morgan fingerprint density at radius 3 is 2.57 bits per heavy atom. The summed E-state index contributed by atoms with van der Waals surface area (Å²) in [7, 11) is 4.96. The molecule has 0 aromatic carbocycles. The number of anilines is 2. The van der Waals surface area contributed by atoms with Crippen LogP contribution in [0.4, 0.5) is 17.3 Å². The van der Waals surface area contributed by atoms with Crippen molar-refractivity contribution in [2.75, 3.05) is 31.4 Å². The summed E-state index contributed by atoms with van der Waals surface area (Å²) in [6.45, 7) is 0. The van der Waals surface area contributed by atoms with Crippen molar-refractivity contribution in [2.45, 2.75) is 0 Å². The van der Waals surface area contributed by atoms with Crippen LogP contribution in [-0.2, 0) is 0 Å². The zero-order valence-electron chi connectivity index (χ0n) is 8.18. The number of nitro groups is 1. The molecule has 1 heterocycles. The number of hydrogen-bond donors (Lipinski definition) is 1. The minimum atomic E-state index is -0.499. The topological polar surface area (TPSA) is 84.2 Å². The van der Waals surface area contributed by atoms with Crippen molar-refractivity contribution in [1.82, 2.24) is 9.97 Å². The van der Waals surface area contributed by atoms with E-state index in [4.69, 9.17) is 0 Å². The lowest BCUT2D eigenvalue weighted by Gasteiger charge is -2.11. The molecule has 7 nitrogen and oxygen atoms in total. The summed E-state index contributed by atoms with van der Waals surface area (Å²) in [6.07, 6.45) is 1.29. The van der Waals surface area contributed by atoms with E-state index < -0.39 is 4.92 Å². The van der Waals surface area contributed by atoms with Gasteiger partial charge in [-0.1, -0.05) is 0 Å². The van der Waals surface area contributed by atoms with E-state index in [1.807, 2.05) is 0 Å². The summed E-state index contributed by atoms with van der Waals surface area (Å²) in [5, 5.41) is 13.4. The van der Waals surface area contributed by atoms with Crippen molar-refractivity contribution in [1.29, 1.82) is 0 Å². The molecular formula is C7H11N5O2. The Labute approximate surface area is 80.9 Å². The molecule has 0 saturated carbocycles. The van der Waals surface area contributed by atoms with E-state index in [2.05, 4.69) is 15.3 Å². The van der Waals surface area contributed by atoms with Crippen molar-refractivity contribution in [3.63, 3.8) is 0 Å². The Balaban J connectivity index is 3.35. The van der Waals surface area contributed by atoms with Crippen molar-refractivity contribution in [2.24, 2.45) is 0 Å². The first-order chi connectivity index (χ1) is 6.57. The molecule has 1 N–H and O–H groups in total. The second-order valence-electron chi connectivity index (χ2n) is 2.80. The van der Waals surface area contributed by atoms with Gasteiger partial charge in [-0.15, -0.1) is 0 Å². The first kappa shape index (κ1) is 10.2. The van der Waals surface area contributed by atoms with Crippen LogP contribution in [0.5, 0.6) is 0 Å². The van der Waals surface area contributed by atoms with E-state index in [1.165, 1.54) is 6.33 Å². The predicted octanol–water partition coefficient (Wildman–Crippen LogP) is 0.492. The summed E-state index contributed by atoms with van der Waals surface area (Å²) in [5.74, 6) is 0.503. The molecule has 0 amide bonds. The third-order valence-electron chi connectivity index (χ3n) is 1.65. The maximum Gasteiger partial charge on any atom is 0.353 e. The summed E-state index contributed by atoms with van der Waals surface area (Å²) >= 11 is 0. The van der Waals surface area contributed by atoms with Gasteiger partial charge in [0.2, 0.25) is 11.6 Å². The van der Waals surface area contributed by atoms with Crippen LogP contribution in [0.15, 0.2) is 6.33 Å². The van der Waals surface area contributed by atoms with Gasteiger partial charge in [0.1, 0.15) is 6.33 Å². The van der Waals surface area contributed by atoms with Gasteiger partial charge in [0.05, 0.1) is 4.92 Å². The van der Waals surface area contributed by atoms with E-state index in [0.717, 1.165) is 0 Å². The van der Waals surface area contributed by atoms with Gasteiger partial charge < -0.3 is 10.2 Å². The number of rotatable bonds is 3. The third-order valence-corrected chi connectivity index (χ3v) is 1.65. The van der Waals surface area contributed by atoms with Crippen molar-refractivity contribution >= 4 is 17.3 Å². The quantitative estimate of drug-likeness (QED) is 0.560. The molecular weight excluding hydrogens is 186 g/mol. The molecule has 1 rings (SSSR count). The van der Waals surface area contributed by atoms with Gasteiger partial charge in [-0.3, -0.25) is 10.1 Å². The van der Waals surface area contributed by atoms with Gasteiger partial charge in [-0.05, 0) is 0 Å². The van der Waals surface area contributed by atoms with E-state index in [1.54, 1.807) is 26.0 Å². The largest absolute Gasteiger partial charge is 0.367 e. The maximum atomic E-state index is 10.8. The van der Waals surface area contributed by atoms with Gasteiger partial charge >= 0.3 is 5.69 Å². The Bertz CT molecular complexity index is 352. The normalized spacial score (nSPS) is 9.64. The van der Waals surface area contributed by atoms with Crippen molar-refractivity contribution in [3.8, 4) is 0 Å². The monoisotopic (exact) mass is 197 g/mol. The van der Waals surface area contributed by atoms with Crippen LogP contribution in [0.2, 0.25) is 0 Å².